The maximum absolute atomic E-state index is 10.7. The van der Waals surface area contributed by atoms with E-state index in [9.17, 15) is 4.57 Å². The van der Waals surface area contributed by atoms with Crippen LogP contribution < -0.4 is 5.73 Å². The molecule has 0 aliphatic rings. The molecule has 15 heteroatoms. The van der Waals surface area contributed by atoms with E-state index in [0.29, 0.717) is 17.7 Å². The van der Waals surface area contributed by atoms with Crippen molar-refractivity contribution in [3.8, 4) is 0 Å². The van der Waals surface area contributed by atoms with Crippen molar-refractivity contribution in [3.63, 3.8) is 0 Å². The monoisotopic (exact) mass is 385 g/mol. The van der Waals surface area contributed by atoms with E-state index in [0.717, 1.165) is 0 Å². The van der Waals surface area contributed by atoms with Gasteiger partial charge in [0, 0.05) is 0 Å². The first-order valence-corrected chi connectivity index (χ1v) is 9.33. The highest BCUT2D eigenvalue weighted by Crippen LogP contribution is 2.34. The lowest BCUT2D eigenvalue weighted by Crippen LogP contribution is -2.17. The minimum absolute atomic E-state index is 0.285. The number of aromatic nitrogens is 4. The average molecular weight is 385 g/mol. The van der Waals surface area contributed by atoms with Crippen molar-refractivity contribution in [2.24, 2.45) is 0 Å². The van der Waals surface area contributed by atoms with Gasteiger partial charge in [0.15, 0.2) is 11.5 Å². The van der Waals surface area contributed by atoms with Gasteiger partial charge in [0.05, 0.1) is 19.0 Å². The molecule has 6 N–H and O–H groups in total. The third kappa shape index (κ3) is 7.74. The minimum atomic E-state index is -4.67. The maximum atomic E-state index is 10.7. The van der Waals surface area contributed by atoms with E-state index in [4.69, 9.17) is 37.8 Å². The molecule has 0 spiro atoms. The van der Waals surface area contributed by atoms with Crippen LogP contribution in [0.1, 0.15) is 6.92 Å². The van der Waals surface area contributed by atoms with Crippen LogP contribution in [-0.4, -0.2) is 59.3 Å². The van der Waals surface area contributed by atoms with Gasteiger partial charge >= 0.3 is 18.0 Å². The van der Waals surface area contributed by atoms with E-state index in [1.54, 1.807) is 11.5 Å². The van der Waals surface area contributed by atoms with E-state index in [1.165, 1.54) is 12.7 Å². The van der Waals surface area contributed by atoms with Crippen LogP contribution in [0.3, 0.4) is 0 Å². The van der Waals surface area contributed by atoms with Crippen molar-refractivity contribution in [1.29, 1.82) is 0 Å². The van der Waals surface area contributed by atoms with Crippen molar-refractivity contribution in [1.82, 2.24) is 19.5 Å². The number of nitrogens with zero attached hydrogens (tertiary/aromatic N) is 4. The second kappa shape index (κ2) is 7.94. The zero-order valence-corrected chi connectivity index (χ0v) is 14.0. The molecule has 0 amide bonds. The molecule has 0 bridgehead atoms. The number of ether oxygens (including phenoxy) is 1. The molecule has 2 rings (SSSR count). The summed E-state index contributed by atoms with van der Waals surface area (Å²) in [6, 6.07) is 0. The molecule has 0 saturated carbocycles. The molecule has 136 valence electrons. The van der Waals surface area contributed by atoms with Gasteiger partial charge in [0.25, 0.3) is 0 Å². The Balaban J connectivity index is 0.000000505. The zero-order chi connectivity index (χ0) is 18.5. The molecule has 0 unspecified atom stereocenters. The topological polar surface area (TPSA) is 211 Å². The first-order chi connectivity index (χ1) is 10.9. The molecule has 2 heterocycles. The van der Waals surface area contributed by atoms with Gasteiger partial charge in [-0.25, -0.2) is 15.0 Å². The van der Waals surface area contributed by atoms with Crippen LogP contribution in [0.4, 0.5) is 5.82 Å². The standard InChI is InChI=1S/C9H14N5O4P.H2O4S/c1-6(18-5-19(15,16)17)2-14-4-13-7-8(10)11-3-12-9(7)14;1-5(2,3)4/h3-4,6H,2,5H2,1H3,(H2,10,11,12)(H2,15,16,17);(H2,1,2,3,4)/t6-;/m1./s1. The van der Waals surface area contributed by atoms with Crippen molar-refractivity contribution in [3.05, 3.63) is 12.7 Å². The SMILES string of the molecule is C[C@H](Cn1cnc2c(N)ncnc21)OCP(=O)(O)O.O=S(=O)(O)O. The molecular weight excluding hydrogens is 369 g/mol. The summed E-state index contributed by atoms with van der Waals surface area (Å²) in [6.45, 7) is 2.05. The van der Waals surface area contributed by atoms with Crippen LogP contribution in [-0.2, 0) is 26.2 Å². The second-order valence-electron chi connectivity index (χ2n) is 4.55. The number of hydrogen-bond acceptors (Lipinski definition) is 8. The molecular formula is C9H16N5O8PS. The van der Waals surface area contributed by atoms with Gasteiger partial charge in [-0.1, -0.05) is 0 Å². The Labute approximate surface area is 136 Å². The lowest BCUT2D eigenvalue weighted by Gasteiger charge is -2.14. The highest BCUT2D eigenvalue weighted by atomic mass is 32.3. The van der Waals surface area contributed by atoms with Gasteiger partial charge in [-0.2, -0.15) is 8.42 Å². The number of nitrogen functional groups attached to an aromatic ring is 1. The number of anilines is 1. The Morgan fingerprint density at radius 1 is 1.33 bits per heavy atom. The molecule has 1 atom stereocenters. The number of imidazole rings is 1. The lowest BCUT2D eigenvalue weighted by molar-refractivity contribution is 0.0764. The highest BCUT2D eigenvalue weighted by Gasteiger charge is 2.16. The molecule has 0 radical (unpaired) electrons. The summed E-state index contributed by atoms with van der Waals surface area (Å²) in [4.78, 5) is 29.4. The Morgan fingerprint density at radius 3 is 2.46 bits per heavy atom. The summed E-state index contributed by atoms with van der Waals surface area (Å²) >= 11 is 0. The normalized spacial score (nSPS) is 13.4. The van der Waals surface area contributed by atoms with Crippen molar-refractivity contribution >= 4 is 35.0 Å². The summed E-state index contributed by atoms with van der Waals surface area (Å²) in [7, 11) is -8.82. The predicted molar refractivity (Wildman–Crippen MR) is 81.4 cm³/mol. The van der Waals surface area contributed by atoms with Crippen LogP contribution in [0.2, 0.25) is 0 Å². The van der Waals surface area contributed by atoms with Gasteiger partial charge in [-0.05, 0) is 6.92 Å². The van der Waals surface area contributed by atoms with Crippen LogP contribution in [0.5, 0.6) is 0 Å². The number of nitrogens with two attached hydrogens (primary N) is 1. The second-order valence-corrected chi connectivity index (χ2v) is 7.03. The van der Waals surface area contributed by atoms with Gasteiger partial charge in [0.2, 0.25) is 0 Å². The van der Waals surface area contributed by atoms with Crippen molar-refractivity contribution in [2.45, 2.75) is 19.6 Å². The van der Waals surface area contributed by atoms with Gasteiger partial charge in [0.1, 0.15) is 18.2 Å². The summed E-state index contributed by atoms with van der Waals surface area (Å²) in [5, 5.41) is 0. The minimum Gasteiger partial charge on any atom is -0.382 e. The third-order valence-electron chi connectivity index (χ3n) is 2.41. The first-order valence-electron chi connectivity index (χ1n) is 6.14. The Bertz CT molecular complexity index is 826. The predicted octanol–water partition coefficient (Wildman–Crippen LogP) is -0.704. The highest BCUT2D eigenvalue weighted by molar-refractivity contribution is 7.79. The average Bonchev–Trinajstić information content (AvgIpc) is 2.79. The van der Waals surface area contributed by atoms with Crippen LogP contribution >= 0.6 is 7.60 Å². The zero-order valence-electron chi connectivity index (χ0n) is 12.3. The van der Waals surface area contributed by atoms with E-state index in [-0.39, 0.29) is 5.82 Å². The molecule has 0 aromatic carbocycles. The smallest absolute Gasteiger partial charge is 0.382 e. The van der Waals surface area contributed by atoms with E-state index < -0.39 is 30.4 Å². The largest absolute Gasteiger partial charge is 0.394 e. The fourth-order valence-corrected chi connectivity index (χ4v) is 2.04. The Kier molecular flexibility index (Phi) is 6.74. The first kappa shape index (κ1) is 20.4. The molecule has 2 aromatic rings. The number of rotatable bonds is 5. The number of hydrogen-bond donors (Lipinski definition) is 5. The van der Waals surface area contributed by atoms with Gasteiger partial charge in [-0.3, -0.25) is 13.7 Å². The van der Waals surface area contributed by atoms with Crippen LogP contribution in [0.25, 0.3) is 11.2 Å². The van der Waals surface area contributed by atoms with Gasteiger partial charge < -0.3 is 24.8 Å². The van der Waals surface area contributed by atoms with Crippen LogP contribution in [0.15, 0.2) is 12.7 Å². The fourth-order valence-electron chi connectivity index (χ4n) is 1.59. The summed E-state index contributed by atoms with van der Waals surface area (Å²) in [6.07, 6.45) is 1.85. The van der Waals surface area contributed by atoms with E-state index >= 15 is 0 Å². The van der Waals surface area contributed by atoms with Crippen molar-refractivity contribution < 1.29 is 36.6 Å². The van der Waals surface area contributed by atoms with E-state index in [2.05, 4.69) is 15.0 Å². The quantitative estimate of drug-likeness (QED) is 0.319. The van der Waals surface area contributed by atoms with Crippen molar-refractivity contribution in [2.75, 3.05) is 12.1 Å². The molecule has 2 aromatic heterocycles. The maximum Gasteiger partial charge on any atom is 0.394 e. The van der Waals surface area contributed by atoms with Gasteiger partial charge in [-0.15, -0.1) is 0 Å². The summed E-state index contributed by atoms with van der Waals surface area (Å²) in [5.41, 5.74) is 6.70. The molecule has 13 nitrogen and oxygen atoms in total. The molecule has 0 aliphatic heterocycles. The molecule has 0 aliphatic carbocycles. The molecule has 24 heavy (non-hydrogen) atoms. The Morgan fingerprint density at radius 2 is 1.92 bits per heavy atom. The van der Waals surface area contributed by atoms with Crippen LogP contribution in [0, 0.1) is 0 Å². The van der Waals surface area contributed by atoms with E-state index in [1.807, 2.05) is 0 Å². The summed E-state index contributed by atoms with van der Waals surface area (Å²) < 4.78 is 49.1. The molecule has 0 saturated heterocycles. The third-order valence-corrected chi connectivity index (χ3v) is 2.90. The molecule has 0 fully saturated rings. The lowest BCUT2D eigenvalue weighted by atomic mass is 10.4. The summed E-state index contributed by atoms with van der Waals surface area (Å²) in [5.74, 6) is 0.285. The number of fused-ring (bicyclic) bond motifs is 1. The Hall–Kier alpha value is -1.67. The fraction of sp³-hybridized carbons (Fsp3) is 0.444.